The van der Waals surface area contributed by atoms with Crippen molar-refractivity contribution in [3.63, 3.8) is 0 Å². The summed E-state index contributed by atoms with van der Waals surface area (Å²) < 4.78 is 22.3. The van der Waals surface area contributed by atoms with Crippen molar-refractivity contribution in [2.45, 2.75) is 37.8 Å². The van der Waals surface area contributed by atoms with Gasteiger partial charge in [0, 0.05) is 54.7 Å². The number of carboxylic acid groups (broad SMARTS) is 1. The van der Waals surface area contributed by atoms with Crippen LogP contribution in [0.2, 0.25) is 10.0 Å². The van der Waals surface area contributed by atoms with Gasteiger partial charge in [0.1, 0.15) is 17.5 Å². The first-order valence-corrected chi connectivity index (χ1v) is 12.4. The summed E-state index contributed by atoms with van der Waals surface area (Å²) in [5.41, 5.74) is 2.28. The van der Waals surface area contributed by atoms with Crippen LogP contribution in [0.5, 0.6) is 5.75 Å². The first kappa shape index (κ1) is 24.5. The number of nitrogens with one attached hydrogen (secondary N) is 1. The Hall–Kier alpha value is -3.17. The second-order valence-corrected chi connectivity index (χ2v) is 9.77. The van der Waals surface area contributed by atoms with Crippen LogP contribution in [0.25, 0.3) is 5.57 Å². The van der Waals surface area contributed by atoms with Crippen molar-refractivity contribution in [2.24, 2.45) is 0 Å². The van der Waals surface area contributed by atoms with Crippen molar-refractivity contribution >= 4 is 52.7 Å². The van der Waals surface area contributed by atoms with Crippen molar-refractivity contribution in [1.82, 2.24) is 9.88 Å². The molecule has 1 aromatic heterocycles. The van der Waals surface area contributed by atoms with Crippen molar-refractivity contribution in [2.75, 3.05) is 25.0 Å². The fourth-order valence-corrected chi connectivity index (χ4v) is 5.28. The minimum Gasteiger partial charge on any atom is -0.481 e. The molecule has 5 rings (SSSR count). The monoisotopic (exact) mass is 533 g/mol. The highest BCUT2D eigenvalue weighted by Crippen LogP contribution is 2.40. The van der Waals surface area contributed by atoms with Crippen molar-refractivity contribution in [3.8, 4) is 5.75 Å². The summed E-state index contributed by atoms with van der Waals surface area (Å²) in [6, 6.07) is 4.85. The van der Waals surface area contributed by atoms with Crippen molar-refractivity contribution < 1.29 is 28.4 Å². The van der Waals surface area contributed by atoms with Crippen LogP contribution < -0.4 is 10.1 Å². The van der Waals surface area contributed by atoms with Crippen LogP contribution in [0.4, 0.5) is 10.2 Å². The molecule has 11 heteroatoms. The Bertz CT molecular complexity index is 1290. The van der Waals surface area contributed by atoms with E-state index in [1.54, 1.807) is 11.1 Å². The van der Waals surface area contributed by atoms with Crippen molar-refractivity contribution in [1.29, 1.82) is 0 Å². The third-order valence-corrected chi connectivity index (χ3v) is 7.39. The second-order valence-electron chi connectivity index (χ2n) is 8.98. The van der Waals surface area contributed by atoms with Gasteiger partial charge in [-0.2, -0.15) is 0 Å². The number of halogens is 3. The second kappa shape index (κ2) is 10.1. The van der Waals surface area contributed by atoms with E-state index in [0.29, 0.717) is 41.8 Å². The SMILES string of the molecule is O=C(O)CCC(=O)N1CCC([N+]2=CC(c3cnc4c(c3)OC(c3c(Cl)ccc(F)c3Cl)CN4)=C2)CC1. The van der Waals surface area contributed by atoms with Gasteiger partial charge in [0.25, 0.3) is 0 Å². The largest absolute Gasteiger partial charge is 0.481 e. The van der Waals surface area contributed by atoms with Gasteiger partial charge in [-0.3, -0.25) is 9.59 Å². The van der Waals surface area contributed by atoms with E-state index in [4.69, 9.17) is 33.0 Å². The Morgan fingerprint density at radius 3 is 2.72 bits per heavy atom. The number of piperidine rings is 1. The third kappa shape index (κ3) is 4.90. The maximum absolute atomic E-state index is 14.0. The maximum atomic E-state index is 14.0. The molecule has 2 aromatic rings. The number of carbonyl (C=O) groups excluding carboxylic acids is 1. The van der Waals surface area contributed by atoms with E-state index in [1.807, 2.05) is 18.5 Å². The highest BCUT2D eigenvalue weighted by molar-refractivity contribution is 6.36. The van der Waals surface area contributed by atoms with E-state index in [9.17, 15) is 14.0 Å². The number of pyridine rings is 1. The van der Waals surface area contributed by atoms with Gasteiger partial charge >= 0.3 is 5.97 Å². The van der Waals surface area contributed by atoms with Crippen molar-refractivity contribution in [3.05, 3.63) is 57.6 Å². The third-order valence-electron chi connectivity index (χ3n) is 6.68. The summed E-state index contributed by atoms with van der Waals surface area (Å²) in [5, 5.41) is 12.2. The molecule has 36 heavy (non-hydrogen) atoms. The van der Waals surface area contributed by atoms with Crippen LogP contribution in [-0.4, -0.2) is 63.3 Å². The fourth-order valence-electron chi connectivity index (χ4n) is 4.66. The summed E-state index contributed by atoms with van der Waals surface area (Å²) in [4.78, 5) is 29.1. The van der Waals surface area contributed by atoms with E-state index < -0.39 is 17.9 Å². The molecule has 0 radical (unpaired) electrons. The van der Waals surface area contributed by atoms with Crippen LogP contribution in [-0.2, 0) is 9.59 Å². The predicted octanol–water partition coefficient (Wildman–Crippen LogP) is 4.37. The molecule has 0 spiro atoms. The summed E-state index contributed by atoms with van der Waals surface area (Å²) in [7, 11) is 0. The number of ether oxygens (including phenoxy) is 1. The number of anilines is 1. The highest BCUT2D eigenvalue weighted by atomic mass is 35.5. The number of hydrogen-bond donors (Lipinski definition) is 2. The highest BCUT2D eigenvalue weighted by Gasteiger charge is 2.33. The minimum absolute atomic E-state index is 0.0423. The molecule has 188 valence electrons. The van der Waals surface area contributed by atoms with E-state index in [-0.39, 0.29) is 29.8 Å². The molecule has 1 amide bonds. The Morgan fingerprint density at radius 2 is 2.00 bits per heavy atom. The molecule has 1 atom stereocenters. The van der Waals surface area contributed by atoms with E-state index in [2.05, 4.69) is 14.9 Å². The number of amides is 1. The normalized spacial score (nSPS) is 19.3. The molecule has 0 bridgehead atoms. The van der Waals surface area contributed by atoms with E-state index in [1.165, 1.54) is 12.1 Å². The molecule has 8 nitrogen and oxygen atoms in total. The first-order chi connectivity index (χ1) is 17.3. The van der Waals surface area contributed by atoms with Gasteiger partial charge in [-0.05, 0) is 18.2 Å². The van der Waals surface area contributed by atoms with Gasteiger partial charge in [-0.15, -0.1) is 0 Å². The quantitative estimate of drug-likeness (QED) is 0.423. The molecule has 1 fully saturated rings. The van der Waals surface area contributed by atoms with Crippen LogP contribution >= 0.6 is 23.2 Å². The molecule has 2 N–H and O–H groups in total. The maximum Gasteiger partial charge on any atom is 0.303 e. The summed E-state index contributed by atoms with van der Waals surface area (Å²) in [6.07, 6.45) is 6.82. The Balaban J connectivity index is 1.21. The zero-order valence-corrected chi connectivity index (χ0v) is 20.7. The Kier molecular flexibility index (Phi) is 6.85. The number of allylic oxidation sites excluding steroid dienone is 1. The van der Waals surface area contributed by atoms with Crippen LogP contribution in [0, 0.1) is 5.82 Å². The lowest BCUT2D eigenvalue weighted by molar-refractivity contribution is -0.506. The van der Waals surface area contributed by atoms with Gasteiger partial charge < -0.3 is 20.1 Å². The summed E-state index contributed by atoms with van der Waals surface area (Å²) in [6.45, 7) is 1.58. The molecular formula is C25H24Cl2FN4O4+. The fraction of sp³-hybridized carbons (Fsp3) is 0.360. The summed E-state index contributed by atoms with van der Waals surface area (Å²) in [5.74, 6) is -0.493. The number of aliphatic carboxylic acids is 1. The zero-order valence-electron chi connectivity index (χ0n) is 19.2. The topological polar surface area (TPSA) is 94.8 Å². The van der Waals surface area contributed by atoms with Gasteiger partial charge in [-0.25, -0.2) is 13.9 Å². The molecule has 4 heterocycles. The lowest BCUT2D eigenvalue weighted by Gasteiger charge is -2.31. The average Bonchev–Trinajstić information content (AvgIpc) is 2.84. The lowest BCUT2D eigenvalue weighted by atomic mass is 9.99. The molecule has 3 aliphatic heterocycles. The number of aromatic nitrogens is 1. The number of nitrogens with zero attached hydrogens (tertiary/aromatic N) is 3. The number of likely N-dealkylation sites (tertiary alicyclic amines) is 1. The lowest BCUT2D eigenvalue weighted by Crippen LogP contribution is -2.44. The molecule has 1 saturated heterocycles. The number of carboxylic acids is 1. The van der Waals surface area contributed by atoms with Crippen LogP contribution in [0.15, 0.2) is 30.6 Å². The van der Waals surface area contributed by atoms with Gasteiger partial charge in [0.15, 0.2) is 30.0 Å². The summed E-state index contributed by atoms with van der Waals surface area (Å²) >= 11 is 12.4. The number of carbonyl (C=O) groups is 2. The molecule has 3 aliphatic rings. The van der Waals surface area contributed by atoms with Gasteiger partial charge in [-0.1, -0.05) is 23.2 Å². The predicted molar refractivity (Wildman–Crippen MR) is 133 cm³/mol. The molecule has 1 aromatic carbocycles. The Morgan fingerprint density at radius 1 is 1.25 bits per heavy atom. The number of hydrogen-bond acceptors (Lipinski definition) is 5. The average molecular weight is 534 g/mol. The number of benzene rings is 1. The zero-order chi connectivity index (χ0) is 25.4. The Labute approximate surface area is 217 Å². The van der Waals surface area contributed by atoms with Crippen LogP contribution in [0.1, 0.15) is 42.9 Å². The number of rotatable bonds is 6. The van der Waals surface area contributed by atoms with Gasteiger partial charge in [0.05, 0.1) is 18.0 Å². The minimum atomic E-state index is -0.957. The molecular weight excluding hydrogens is 510 g/mol. The van der Waals surface area contributed by atoms with E-state index >= 15 is 0 Å². The van der Waals surface area contributed by atoms with Gasteiger partial charge in [0.2, 0.25) is 5.91 Å². The van der Waals surface area contributed by atoms with E-state index in [0.717, 1.165) is 24.0 Å². The first-order valence-electron chi connectivity index (χ1n) is 11.7. The number of fused-ring (bicyclic) bond motifs is 1. The molecule has 0 aliphatic carbocycles. The van der Waals surface area contributed by atoms with Crippen LogP contribution in [0.3, 0.4) is 0 Å². The molecule has 1 unspecified atom stereocenters. The standard InChI is InChI=1S/C25H23Cl2FN4O4/c26-17-1-2-18(28)24(27)23(17)20-11-30-25-19(36-20)9-14(10-29-25)15-12-32(13-15)16-5-7-31(8-6-16)21(33)3-4-22(34)35/h1-2,9-10,12-13,16,20H,3-8,11H2,(H-,29,30,34,35)/p+1. The molecule has 0 saturated carbocycles. The smallest absolute Gasteiger partial charge is 0.303 e.